The van der Waals surface area contributed by atoms with Crippen LogP contribution in [0.4, 0.5) is 4.79 Å². The van der Waals surface area contributed by atoms with Gasteiger partial charge in [-0.05, 0) is 39.2 Å². The summed E-state index contributed by atoms with van der Waals surface area (Å²) < 4.78 is 5.42. The first-order chi connectivity index (χ1) is 9.87. The van der Waals surface area contributed by atoms with Crippen molar-refractivity contribution in [2.75, 3.05) is 13.1 Å². The number of hydrogen-bond donors (Lipinski definition) is 1. The highest BCUT2D eigenvalue weighted by atomic mass is 16.6. The molecule has 1 fully saturated rings. The van der Waals surface area contributed by atoms with Crippen molar-refractivity contribution < 1.29 is 14.6 Å². The summed E-state index contributed by atoms with van der Waals surface area (Å²) in [6.07, 6.45) is 1.01. The molecule has 1 aliphatic heterocycles. The van der Waals surface area contributed by atoms with E-state index >= 15 is 0 Å². The van der Waals surface area contributed by atoms with Crippen LogP contribution in [0.5, 0.6) is 0 Å². The van der Waals surface area contributed by atoms with Crippen LogP contribution in [0.3, 0.4) is 0 Å². The average molecular weight is 291 g/mol. The van der Waals surface area contributed by atoms with Gasteiger partial charge in [0.1, 0.15) is 5.60 Å². The fourth-order valence-electron chi connectivity index (χ4n) is 2.68. The second-order valence-corrected chi connectivity index (χ2v) is 6.68. The van der Waals surface area contributed by atoms with Crippen LogP contribution in [0, 0.1) is 5.92 Å². The number of carbonyl (C=O) groups is 1. The lowest BCUT2D eigenvalue weighted by Gasteiger charge is -2.36. The summed E-state index contributed by atoms with van der Waals surface area (Å²) >= 11 is 0. The maximum atomic E-state index is 12.1. The Morgan fingerprint density at radius 2 is 2.00 bits per heavy atom. The highest BCUT2D eigenvalue weighted by Crippen LogP contribution is 2.30. The molecule has 2 atom stereocenters. The van der Waals surface area contributed by atoms with Gasteiger partial charge in [-0.15, -0.1) is 0 Å². The van der Waals surface area contributed by atoms with Crippen molar-refractivity contribution in [2.24, 2.45) is 5.92 Å². The van der Waals surface area contributed by atoms with Crippen molar-refractivity contribution in [3.05, 3.63) is 35.9 Å². The molecule has 0 aromatic heterocycles. The van der Waals surface area contributed by atoms with Gasteiger partial charge < -0.3 is 14.7 Å². The minimum Gasteiger partial charge on any atom is -0.444 e. The van der Waals surface area contributed by atoms with E-state index in [9.17, 15) is 9.90 Å². The largest absolute Gasteiger partial charge is 0.444 e. The Morgan fingerprint density at radius 1 is 1.33 bits per heavy atom. The smallest absolute Gasteiger partial charge is 0.410 e. The molecule has 0 bridgehead atoms. The van der Waals surface area contributed by atoms with Crippen LogP contribution < -0.4 is 0 Å². The van der Waals surface area contributed by atoms with Crippen molar-refractivity contribution in [3.63, 3.8) is 0 Å². The van der Waals surface area contributed by atoms with E-state index in [-0.39, 0.29) is 12.0 Å². The molecule has 2 rings (SSSR count). The third-order valence-electron chi connectivity index (χ3n) is 3.70. The van der Waals surface area contributed by atoms with E-state index in [1.54, 1.807) is 4.90 Å². The summed E-state index contributed by atoms with van der Waals surface area (Å²) in [6.45, 7) is 6.85. The lowest BCUT2D eigenvalue weighted by Crippen LogP contribution is -2.44. The summed E-state index contributed by atoms with van der Waals surface area (Å²) in [5.41, 5.74) is 0.427. The first-order valence-corrected chi connectivity index (χ1v) is 7.58. The zero-order valence-corrected chi connectivity index (χ0v) is 13.1. The maximum absolute atomic E-state index is 12.1. The molecule has 4 nitrogen and oxygen atoms in total. The van der Waals surface area contributed by atoms with Crippen molar-refractivity contribution in [3.8, 4) is 0 Å². The highest BCUT2D eigenvalue weighted by Gasteiger charge is 2.31. The molecule has 1 amide bonds. The lowest BCUT2D eigenvalue weighted by molar-refractivity contribution is 0.00239. The highest BCUT2D eigenvalue weighted by molar-refractivity contribution is 5.68. The normalized spacial score (nSPS) is 21.0. The van der Waals surface area contributed by atoms with Crippen LogP contribution in [-0.4, -0.2) is 34.8 Å². The molecule has 1 saturated heterocycles. The Bertz CT molecular complexity index is 467. The van der Waals surface area contributed by atoms with E-state index < -0.39 is 11.7 Å². The molecule has 1 aliphatic rings. The number of carbonyl (C=O) groups excluding carboxylic acids is 1. The van der Waals surface area contributed by atoms with Crippen molar-refractivity contribution >= 4 is 6.09 Å². The molecule has 1 aromatic carbocycles. The Balaban J connectivity index is 1.99. The summed E-state index contributed by atoms with van der Waals surface area (Å²) in [4.78, 5) is 13.9. The summed E-state index contributed by atoms with van der Waals surface area (Å²) in [5.74, 6) is 0.0636. The predicted octanol–water partition coefficient (Wildman–Crippen LogP) is 3.37. The Kier molecular flexibility index (Phi) is 4.88. The fourth-order valence-corrected chi connectivity index (χ4v) is 2.68. The van der Waals surface area contributed by atoms with Gasteiger partial charge in [-0.3, -0.25) is 0 Å². The van der Waals surface area contributed by atoms with E-state index in [2.05, 4.69) is 0 Å². The number of aliphatic hydroxyl groups is 1. The standard InChI is InChI=1S/C17H25NO3/c1-17(2,3)21-16(20)18-11-7-10-14(12-18)15(19)13-8-5-4-6-9-13/h4-6,8-9,14-15,19H,7,10-12H2,1-3H3. The Morgan fingerprint density at radius 3 is 2.62 bits per heavy atom. The molecule has 0 saturated carbocycles. The number of amides is 1. The topological polar surface area (TPSA) is 49.8 Å². The van der Waals surface area contributed by atoms with E-state index in [1.165, 1.54) is 0 Å². The molecular weight excluding hydrogens is 266 g/mol. The summed E-state index contributed by atoms with van der Waals surface area (Å²) in [6, 6.07) is 9.64. The fraction of sp³-hybridized carbons (Fsp3) is 0.588. The molecule has 1 N–H and O–H groups in total. The number of ether oxygens (including phenoxy) is 1. The molecule has 0 aliphatic carbocycles. The summed E-state index contributed by atoms with van der Waals surface area (Å²) in [7, 11) is 0. The number of aliphatic hydroxyl groups excluding tert-OH is 1. The summed E-state index contributed by atoms with van der Waals surface area (Å²) in [5, 5.41) is 10.5. The monoisotopic (exact) mass is 291 g/mol. The second kappa shape index (κ2) is 6.48. The molecule has 21 heavy (non-hydrogen) atoms. The van der Waals surface area contributed by atoms with Gasteiger partial charge >= 0.3 is 6.09 Å². The van der Waals surface area contributed by atoms with Crippen LogP contribution in [0.2, 0.25) is 0 Å². The predicted molar refractivity (Wildman–Crippen MR) is 81.9 cm³/mol. The number of likely N-dealkylation sites (tertiary alicyclic amines) is 1. The van der Waals surface area contributed by atoms with Gasteiger partial charge in [-0.1, -0.05) is 30.3 Å². The molecule has 0 spiro atoms. The number of hydrogen-bond acceptors (Lipinski definition) is 3. The van der Waals surface area contributed by atoms with Gasteiger partial charge in [-0.25, -0.2) is 4.79 Å². The van der Waals surface area contributed by atoms with Gasteiger partial charge in [0.2, 0.25) is 0 Å². The SMILES string of the molecule is CC(C)(C)OC(=O)N1CCCC(C(O)c2ccccc2)C1. The van der Waals surface area contributed by atoms with E-state index in [0.717, 1.165) is 18.4 Å². The molecule has 2 unspecified atom stereocenters. The number of rotatable bonds is 2. The number of benzene rings is 1. The first kappa shape index (κ1) is 15.8. The van der Waals surface area contributed by atoms with Crippen molar-refractivity contribution in [1.82, 2.24) is 4.90 Å². The number of nitrogens with zero attached hydrogens (tertiary/aromatic N) is 1. The van der Waals surface area contributed by atoms with Crippen LogP contribution in [-0.2, 0) is 4.74 Å². The Labute approximate surface area is 126 Å². The van der Waals surface area contributed by atoms with Gasteiger partial charge in [0.05, 0.1) is 6.10 Å². The van der Waals surface area contributed by atoms with Crippen molar-refractivity contribution in [2.45, 2.75) is 45.3 Å². The first-order valence-electron chi connectivity index (χ1n) is 7.58. The number of piperidine rings is 1. The lowest BCUT2D eigenvalue weighted by atomic mass is 9.89. The zero-order valence-electron chi connectivity index (χ0n) is 13.1. The molecule has 1 aromatic rings. The quantitative estimate of drug-likeness (QED) is 0.909. The molecular formula is C17H25NO3. The van der Waals surface area contributed by atoms with Gasteiger partial charge in [-0.2, -0.15) is 0 Å². The van der Waals surface area contributed by atoms with Gasteiger partial charge in [0.15, 0.2) is 0 Å². The van der Waals surface area contributed by atoms with Gasteiger partial charge in [0, 0.05) is 19.0 Å². The second-order valence-electron chi connectivity index (χ2n) is 6.68. The van der Waals surface area contributed by atoms with Crippen LogP contribution in [0.15, 0.2) is 30.3 Å². The minimum absolute atomic E-state index is 0.0636. The van der Waals surface area contributed by atoms with Crippen LogP contribution in [0.25, 0.3) is 0 Å². The molecule has 116 valence electrons. The van der Waals surface area contributed by atoms with E-state index in [4.69, 9.17) is 4.74 Å². The molecule has 0 radical (unpaired) electrons. The minimum atomic E-state index is -0.531. The molecule has 4 heteroatoms. The van der Waals surface area contributed by atoms with Crippen LogP contribution >= 0.6 is 0 Å². The third-order valence-corrected chi connectivity index (χ3v) is 3.70. The zero-order chi connectivity index (χ0) is 15.5. The van der Waals surface area contributed by atoms with Gasteiger partial charge in [0.25, 0.3) is 0 Å². The average Bonchev–Trinajstić information content (AvgIpc) is 2.46. The van der Waals surface area contributed by atoms with E-state index in [0.29, 0.717) is 13.1 Å². The van der Waals surface area contributed by atoms with Crippen LogP contribution in [0.1, 0.15) is 45.3 Å². The third kappa shape index (κ3) is 4.46. The maximum Gasteiger partial charge on any atom is 0.410 e. The Hall–Kier alpha value is -1.55. The van der Waals surface area contributed by atoms with Crippen molar-refractivity contribution in [1.29, 1.82) is 0 Å². The van der Waals surface area contributed by atoms with E-state index in [1.807, 2.05) is 51.1 Å². The molecule has 1 heterocycles.